The summed E-state index contributed by atoms with van der Waals surface area (Å²) in [5, 5.41) is 0. The highest BCUT2D eigenvalue weighted by Crippen LogP contribution is 2.26. The van der Waals surface area contributed by atoms with E-state index in [0.29, 0.717) is 29.7 Å². The summed E-state index contributed by atoms with van der Waals surface area (Å²) in [6.07, 6.45) is 1.72. The highest BCUT2D eigenvalue weighted by atomic mass is 35.5. The lowest BCUT2D eigenvalue weighted by molar-refractivity contribution is 0.242. The van der Waals surface area contributed by atoms with Crippen molar-refractivity contribution >= 4 is 22.4 Å². The Morgan fingerprint density at radius 1 is 1.13 bits per heavy atom. The van der Waals surface area contributed by atoms with Gasteiger partial charge in [-0.1, -0.05) is 0 Å². The van der Waals surface area contributed by atoms with Crippen molar-refractivity contribution in [3.8, 4) is 5.75 Å². The lowest BCUT2D eigenvalue weighted by atomic mass is 9.92. The molecule has 1 aliphatic rings. The first-order chi connectivity index (χ1) is 10.3. The van der Waals surface area contributed by atoms with Crippen LogP contribution in [0.2, 0.25) is 0 Å². The van der Waals surface area contributed by atoms with Crippen LogP contribution in [0.25, 0.3) is 0 Å². The fraction of sp³-hybridized carbons (Fsp3) is 0.625. The molecule has 2 N–H and O–H groups in total. The standard InChI is InChI=1S/C16H26N2O3S.ClH/c1-12(2)21-15-4-6-16(7-5-15)22(19,20)18-10-8-14(9-11-18)13(3)17;/h4-7,12-14H,8-11,17H2,1-3H3;1H. The van der Waals surface area contributed by atoms with Gasteiger partial charge in [0.25, 0.3) is 0 Å². The number of ether oxygens (including phenoxy) is 1. The Bertz CT molecular complexity index is 580. The summed E-state index contributed by atoms with van der Waals surface area (Å²) in [6.45, 7) is 6.94. The lowest BCUT2D eigenvalue weighted by Gasteiger charge is -2.32. The molecule has 23 heavy (non-hydrogen) atoms. The summed E-state index contributed by atoms with van der Waals surface area (Å²) in [4.78, 5) is 0.322. The van der Waals surface area contributed by atoms with Gasteiger partial charge in [0.05, 0.1) is 11.0 Å². The molecule has 7 heteroatoms. The number of hydrogen-bond acceptors (Lipinski definition) is 4. The molecule has 0 spiro atoms. The lowest BCUT2D eigenvalue weighted by Crippen LogP contribution is -2.42. The van der Waals surface area contributed by atoms with Crippen LogP contribution in [0.1, 0.15) is 33.6 Å². The summed E-state index contributed by atoms with van der Waals surface area (Å²) in [6, 6.07) is 6.77. The quantitative estimate of drug-likeness (QED) is 0.873. The number of rotatable bonds is 5. The topological polar surface area (TPSA) is 72.6 Å². The van der Waals surface area contributed by atoms with Gasteiger partial charge in [-0.05, 0) is 63.8 Å². The summed E-state index contributed by atoms with van der Waals surface area (Å²) in [7, 11) is -3.42. The van der Waals surface area contributed by atoms with Crippen molar-refractivity contribution in [2.75, 3.05) is 13.1 Å². The van der Waals surface area contributed by atoms with Gasteiger partial charge in [0.2, 0.25) is 10.0 Å². The molecule has 5 nitrogen and oxygen atoms in total. The molecule has 1 aromatic rings. The van der Waals surface area contributed by atoms with Crippen molar-refractivity contribution in [3.05, 3.63) is 24.3 Å². The van der Waals surface area contributed by atoms with Crippen LogP contribution in [0.5, 0.6) is 5.75 Å². The van der Waals surface area contributed by atoms with E-state index in [0.717, 1.165) is 12.8 Å². The highest BCUT2D eigenvalue weighted by molar-refractivity contribution is 7.89. The summed E-state index contributed by atoms with van der Waals surface area (Å²) in [5.41, 5.74) is 5.91. The van der Waals surface area contributed by atoms with Crippen LogP contribution in [0.4, 0.5) is 0 Å². The van der Waals surface area contributed by atoms with Crippen LogP contribution in [0.15, 0.2) is 29.2 Å². The van der Waals surface area contributed by atoms with E-state index in [9.17, 15) is 8.42 Å². The van der Waals surface area contributed by atoms with Gasteiger partial charge in [-0.3, -0.25) is 0 Å². The minimum Gasteiger partial charge on any atom is -0.491 e. The van der Waals surface area contributed by atoms with Gasteiger partial charge in [0.1, 0.15) is 5.75 Å². The van der Waals surface area contributed by atoms with Crippen LogP contribution in [-0.4, -0.2) is 38.0 Å². The Morgan fingerprint density at radius 2 is 1.65 bits per heavy atom. The molecule has 1 atom stereocenters. The fourth-order valence-corrected chi connectivity index (χ4v) is 4.22. The molecule has 132 valence electrons. The second kappa shape index (κ2) is 8.33. The normalized spacial score (nSPS) is 18.5. The maximum atomic E-state index is 12.7. The molecular weight excluding hydrogens is 336 g/mol. The minimum atomic E-state index is -3.42. The van der Waals surface area contributed by atoms with Gasteiger partial charge in [0.15, 0.2) is 0 Å². The second-order valence-corrected chi connectivity index (χ2v) is 8.18. The van der Waals surface area contributed by atoms with Crippen molar-refractivity contribution in [1.29, 1.82) is 0 Å². The smallest absolute Gasteiger partial charge is 0.243 e. The van der Waals surface area contributed by atoms with Crippen LogP contribution in [0, 0.1) is 5.92 Å². The third kappa shape index (κ3) is 5.08. The van der Waals surface area contributed by atoms with Crippen molar-refractivity contribution < 1.29 is 13.2 Å². The molecule has 1 heterocycles. The first kappa shape index (κ1) is 20.2. The molecule has 1 aliphatic heterocycles. The largest absolute Gasteiger partial charge is 0.491 e. The van der Waals surface area contributed by atoms with E-state index in [2.05, 4.69) is 0 Å². The number of nitrogens with zero attached hydrogens (tertiary/aromatic N) is 1. The monoisotopic (exact) mass is 362 g/mol. The van der Waals surface area contributed by atoms with E-state index in [-0.39, 0.29) is 24.6 Å². The van der Waals surface area contributed by atoms with Crippen LogP contribution >= 0.6 is 12.4 Å². The van der Waals surface area contributed by atoms with Crippen LogP contribution in [0.3, 0.4) is 0 Å². The Balaban J connectivity index is 0.00000264. The number of hydrogen-bond donors (Lipinski definition) is 1. The second-order valence-electron chi connectivity index (χ2n) is 6.24. The average Bonchev–Trinajstić information content (AvgIpc) is 2.47. The Hall–Kier alpha value is -0.820. The molecule has 0 bridgehead atoms. The Kier molecular flexibility index (Phi) is 7.32. The molecule has 0 radical (unpaired) electrons. The van der Waals surface area contributed by atoms with E-state index in [4.69, 9.17) is 10.5 Å². The number of benzene rings is 1. The minimum absolute atomic E-state index is 0. The molecule has 0 aliphatic carbocycles. The number of piperidine rings is 1. The fourth-order valence-electron chi connectivity index (χ4n) is 2.75. The van der Waals surface area contributed by atoms with Crippen molar-refractivity contribution in [2.45, 2.75) is 50.7 Å². The van der Waals surface area contributed by atoms with Crippen molar-refractivity contribution in [3.63, 3.8) is 0 Å². The van der Waals surface area contributed by atoms with Gasteiger partial charge in [-0.15, -0.1) is 12.4 Å². The van der Waals surface area contributed by atoms with Gasteiger partial charge < -0.3 is 10.5 Å². The zero-order valence-corrected chi connectivity index (χ0v) is 15.6. The Morgan fingerprint density at radius 3 is 2.09 bits per heavy atom. The number of nitrogens with two attached hydrogens (primary N) is 1. The SMILES string of the molecule is CC(C)Oc1ccc(S(=O)(=O)N2CCC(C(C)N)CC2)cc1.Cl. The summed E-state index contributed by atoms with van der Waals surface area (Å²) >= 11 is 0. The van der Waals surface area contributed by atoms with E-state index >= 15 is 0 Å². The van der Waals surface area contributed by atoms with Crippen LogP contribution < -0.4 is 10.5 Å². The number of halogens is 1. The summed E-state index contributed by atoms with van der Waals surface area (Å²) in [5.74, 6) is 1.10. The molecule has 0 saturated carbocycles. The van der Waals surface area contributed by atoms with Gasteiger partial charge >= 0.3 is 0 Å². The molecule has 1 aromatic carbocycles. The molecular formula is C16H27ClN2O3S. The summed E-state index contributed by atoms with van der Waals surface area (Å²) < 4.78 is 32.4. The van der Waals surface area contributed by atoms with E-state index < -0.39 is 10.0 Å². The van der Waals surface area contributed by atoms with E-state index in [1.54, 1.807) is 28.6 Å². The molecule has 1 unspecified atom stereocenters. The molecule has 2 rings (SSSR count). The van der Waals surface area contributed by atoms with Gasteiger partial charge in [-0.25, -0.2) is 8.42 Å². The van der Waals surface area contributed by atoms with Crippen molar-refractivity contribution in [2.24, 2.45) is 11.7 Å². The first-order valence-electron chi connectivity index (χ1n) is 7.83. The predicted octanol–water partition coefficient (Wildman–Crippen LogP) is 2.64. The molecule has 0 aromatic heterocycles. The molecule has 0 amide bonds. The highest BCUT2D eigenvalue weighted by Gasteiger charge is 2.30. The first-order valence-corrected chi connectivity index (χ1v) is 9.27. The Labute approximate surface area is 145 Å². The predicted molar refractivity (Wildman–Crippen MR) is 94.6 cm³/mol. The zero-order chi connectivity index (χ0) is 16.3. The van der Waals surface area contributed by atoms with Crippen LogP contribution in [-0.2, 0) is 10.0 Å². The third-order valence-electron chi connectivity index (χ3n) is 4.08. The average molecular weight is 363 g/mol. The van der Waals surface area contributed by atoms with E-state index in [1.807, 2.05) is 20.8 Å². The van der Waals surface area contributed by atoms with Crippen molar-refractivity contribution in [1.82, 2.24) is 4.31 Å². The third-order valence-corrected chi connectivity index (χ3v) is 5.99. The molecule has 1 fully saturated rings. The van der Waals surface area contributed by atoms with Gasteiger partial charge in [0, 0.05) is 19.1 Å². The van der Waals surface area contributed by atoms with E-state index in [1.165, 1.54) is 0 Å². The maximum Gasteiger partial charge on any atom is 0.243 e. The number of sulfonamides is 1. The molecule has 1 saturated heterocycles. The maximum absolute atomic E-state index is 12.7. The van der Waals surface area contributed by atoms with Gasteiger partial charge in [-0.2, -0.15) is 4.31 Å². The zero-order valence-electron chi connectivity index (χ0n) is 13.9.